The Labute approximate surface area is 146 Å². The fourth-order valence-corrected chi connectivity index (χ4v) is 5.86. The minimum atomic E-state index is -3.53. The summed E-state index contributed by atoms with van der Waals surface area (Å²) in [6.07, 6.45) is 3.53. The molecule has 0 radical (unpaired) electrons. The van der Waals surface area contributed by atoms with Gasteiger partial charge in [-0.2, -0.15) is 5.26 Å². The van der Waals surface area contributed by atoms with Crippen LogP contribution in [0.4, 0.5) is 0 Å². The molecule has 1 N–H and O–H groups in total. The fourth-order valence-electron chi connectivity index (χ4n) is 3.20. The highest BCUT2D eigenvalue weighted by atomic mass is 32.2. The molecular weight excluding hydrogens is 342 g/mol. The van der Waals surface area contributed by atoms with Crippen LogP contribution in [0.1, 0.15) is 47.5 Å². The molecular formula is C17H19N3O2S2. The topological polar surface area (TPSA) is 82.9 Å². The van der Waals surface area contributed by atoms with Crippen LogP contribution in [-0.4, -0.2) is 13.4 Å². The average molecular weight is 361 g/mol. The molecule has 3 rings (SSSR count). The third kappa shape index (κ3) is 3.66. The van der Waals surface area contributed by atoms with E-state index in [1.54, 1.807) is 24.3 Å². The van der Waals surface area contributed by atoms with Gasteiger partial charge in [0.05, 0.1) is 22.9 Å². The lowest BCUT2D eigenvalue weighted by atomic mass is 10.0. The minimum Gasteiger partial charge on any atom is -0.245 e. The van der Waals surface area contributed by atoms with E-state index in [0.29, 0.717) is 11.1 Å². The molecule has 2 aromatic rings. The number of aryl methyl sites for hydroxylation is 1. The summed E-state index contributed by atoms with van der Waals surface area (Å²) >= 11 is 1.52. The molecule has 1 heterocycles. The van der Waals surface area contributed by atoms with Crippen LogP contribution in [0, 0.1) is 18.3 Å². The number of aromatic nitrogens is 1. The zero-order valence-electron chi connectivity index (χ0n) is 13.4. The van der Waals surface area contributed by atoms with Gasteiger partial charge in [0.1, 0.15) is 5.01 Å². The smallest absolute Gasteiger partial charge is 0.216 e. The largest absolute Gasteiger partial charge is 0.245 e. The molecule has 1 aromatic heterocycles. The van der Waals surface area contributed by atoms with Gasteiger partial charge in [0.15, 0.2) is 0 Å². The third-order valence-corrected chi connectivity index (χ3v) is 6.83. The molecule has 24 heavy (non-hydrogen) atoms. The summed E-state index contributed by atoms with van der Waals surface area (Å²) in [7, 11) is -3.53. The van der Waals surface area contributed by atoms with Gasteiger partial charge >= 0.3 is 0 Å². The molecule has 0 bridgehead atoms. The first kappa shape index (κ1) is 17.1. The Morgan fingerprint density at radius 1 is 1.38 bits per heavy atom. The second kappa shape index (κ2) is 6.63. The zero-order valence-corrected chi connectivity index (χ0v) is 15.1. The molecule has 1 aromatic carbocycles. The maximum absolute atomic E-state index is 12.7. The van der Waals surface area contributed by atoms with Crippen molar-refractivity contribution in [2.24, 2.45) is 0 Å². The molecule has 1 aliphatic rings. The Bertz CT molecular complexity index is 875. The monoisotopic (exact) mass is 361 g/mol. The molecule has 0 saturated heterocycles. The number of thiazole rings is 1. The second-order valence-corrected chi connectivity index (χ2v) is 8.84. The molecule has 1 aliphatic carbocycles. The van der Waals surface area contributed by atoms with Crippen LogP contribution in [0.5, 0.6) is 0 Å². The summed E-state index contributed by atoms with van der Waals surface area (Å²) in [6.45, 7) is 1.92. The summed E-state index contributed by atoms with van der Waals surface area (Å²) in [4.78, 5) is 4.53. The van der Waals surface area contributed by atoms with Gasteiger partial charge in [-0.05, 0) is 37.5 Å². The van der Waals surface area contributed by atoms with Gasteiger partial charge in [-0.3, -0.25) is 0 Å². The molecule has 0 atom stereocenters. The second-order valence-electron chi connectivity index (χ2n) is 6.26. The van der Waals surface area contributed by atoms with Crippen molar-refractivity contribution in [3.63, 3.8) is 0 Å². The van der Waals surface area contributed by atoms with Crippen LogP contribution in [-0.2, 0) is 21.3 Å². The minimum absolute atomic E-state index is 0.130. The van der Waals surface area contributed by atoms with Crippen LogP contribution in [0.3, 0.4) is 0 Å². The molecule has 0 unspecified atom stereocenters. The van der Waals surface area contributed by atoms with Gasteiger partial charge in [0, 0.05) is 11.1 Å². The van der Waals surface area contributed by atoms with E-state index in [-0.39, 0.29) is 5.75 Å². The number of hydrogen-bond donors (Lipinski definition) is 1. The Morgan fingerprint density at radius 3 is 2.75 bits per heavy atom. The van der Waals surface area contributed by atoms with E-state index in [4.69, 9.17) is 5.26 Å². The highest BCUT2D eigenvalue weighted by molar-refractivity contribution is 7.88. The number of sulfonamides is 1. The SMILES string of the molecule is Cc1csc(C2(NS(=O)(=O)Cc3cccc(C#N)c3)CCCC2)n1. The molecule has 0 amide bonds. The van der Waals surface area contributed by atoms with Crippen LogP contribution >= 0.6 is 11.3 Å². The summed E-state index contributed by atoms with van der Waals surface area (Å²) in [6, 6.07) is 8.76. The first-order valence-corrected chi connectivity index (χ1v) is 10.4. The zero-order chi connectivity index (χ0) is 17.2. The van der Waals surface area contributed by atoms with E-state index in [1.165, 1.54) is 11.3 Å². The number of benzene rings is 1. The van der Waals surface area contributed by atoms with Crippen molar-refractivity contribution in [1.82, 2.24) is 9.71 Å². The van der Waals surface area contributed by atoms with Crippen LogP contribution in [0.2, 0.25) is 0 Å². The molecule has 1 fully saturated rings. The summed E-state index contributed by atoms with van der Waals surface area (Å²) in [5.41, 5.74) is 1.42. The molecule has 126 valence electrons. The Balaban J connectivity index is 1.85. The standard InChI is InChI=1S/C17H19N3O2S2/c1-13-11-23-16(19-13)17(7-2-3-8-17)20-24(21,22)12-15-6-4-5-14(9-15)10-18/h4-6,9,11,20H,2-3,7-8,12H2,1H3. The van der Waals surface area contributed by atoms with Crippen molar-refractivity contribution in [2.45, 2.75) is 43.9 Å². The molecule has 1 saturated carbocycles. The Morgan fingerprint density at radius 2 is 2.12 bits per heavy atom. The number of nitrogens with zero attached hydrogens (tertiary/aromatic N) is 2. The quantitative estimate of drug-likeness (QED) is 0.886. The van der Waals surface area contributed by atoms with E-state index in [0.717, 1.165) is 36.4 Å². The van der Waals surface area contributed by atoms with E-state index < -0.39 is 15.6 Å². The highest BCUT2D eigenvalue weighted by Gasteiger charge is 2.41. The summed E-state index contributed by atoms with van der Waals surface area (Å²) in [5.74, 6) is -0.130. The van der Waals surface area contributed by atoms with E-state index >= 15 is 0 Å². The maximum Gasteiger partial charge on any atom is 0.216 e. The summed E-state index contributed by atoms with van der Waals surface area (Å²) in [5, 5.41) is 11.8. The van der Waals surface area contributed by atoms with Gasteiger partial charge in [-0.1, -0.05) is 25.0 Å². The molecule has 0 aliphatic heterocycles. The lowest BCUT2D eigenvalue weighted by molar-refractivity contribution is 0.401. The van der Waals surface area contributed by atoms with E-state index in [1.807, 2.05) is 18.4 Å². The number of nitrogens with one attached hydrogen (secondary N) is 1. The predicted molar refractivity (Wildman–Crippen MR) is 93.9 cm³/mol. The van der Waals surface area contributed by atoms with E-state index in [9.17, 15) is 8.42 Å². The van der Waals surface area contributed by atoms with E-state index in [2.05, 4.69) is 9.71 Å². The number of hydrogen-bond acceptors (Lipinski definition) is 5. The normalized spacial score (nSPS) is 16.8. The van der Waals surface area contributed by atoms with Crippen LogP contribution in [0.15, 0.2) is 29.6 Å². The lowest BCUT2D eigenvalue weighted by Gasteiger charge is -2.27. The average Bonchev–Trinajstić information content (AvgIpc) is 3.16. The number of nitriles is 1. The van der Waals surface area contributed by atoms with Crippen molar-refractivity contribution in [1.29, 1.82) is 5.26 Å². The van der Waals surface area contributed by atoms with Crippen molar-refractivity contribution < 1.29 is 8.42 Å². The third-order valence-electron chi connectivity index (χ3n) is 4.25. The molecule has 7 heteroatoms. The van der Waals surface area contributed by atoms with Gasteiger partial charge in [-0.15, -0.1) is 11.3 Å². The Hall–Kier alpha value is -1.75. The van der Waals surface area contributed by atoms with Gasteiger partial charge in [-0.25, -0.2) is 18.1 Å². The number of rotatable bonds is 5. The van der Waals surface area contributed by atoms with Crippen molar-refractivity contribution in [3.05, 3.63) is 51.5 Å². The Kier molecular flexibility index (Phi) is 4.72. The van der Waals surface area contributed by atoms with Crippen molar-refractivity contribution in [2.75, 3.05) is 0 Å². The first-order chi connectivity index (χ1) is 11.4. The lowest BCUT2D eigenvalue weighted by Crippen LogP contribution is -2.44. The van der Waals surface area contributed by atoms with Gasteiger partial charge in [0.2, 0.25) is 10.0 Å². The van der Waals surface area contributed by atoms with Crippen molar-refractivity contribution in [3.8, 4) is 6.07 Å². The van der Waals surface area contributed by atoms with Crippen molar-refractivity contribution >= 4 is 21.4 Å². The highest BCUT2D eigenvalue weighted by Crippen LogP contribution is 2.40. The van der Waals surface area contributed by atoms with Gasteiger partial charge < -0.3 is 0 Å². The molecule has 0 spiro atoms. The first-order valence-electron chi connectivity index (χ1n) is 7.86. The summed E-state index contributed by atoms with van der Waals surface area (Å²) < 4.78 is 28.4. The van der Waals surface area contributed by atoms with Gasteiger partial charge in [0.25, 0.3) is 0 Å². The van der Waals surface area contributed by atoms with Crippen LogP contribution in [0.25, 0.3) is 0 Å². The van der Waals surface area contributed by atoms with Crippen LogP contribution < -0.4 is 4.72 Å². The molecule has 5 nitrogen and oxygen atoms in total. The predicted octanol–water partition coefficient (Wildman–Crippen LogP) is 3.21. The maximum atomic E-state index is 12.7. The fraction of sp³-hybridized carbons (Fsp3) is 0.412.